The van der Waals surface area contributed by atoms with Crippen molar-refractivity contribution >= 4 is 23.6 Å². The first-order valence-corrected chi connectivity index (χ1v) is 9.92. The number of hydrogen-bond acceptors (Lipinski definition) is 6. The number of esters is 1. The number of ether oxygens (including phenoxy) is 3. The maximum Gasteiger partial charge on any atom is 0.308 e. The summed E-state index contributed by atoms with van der Waals surface area (Å²) in [5.41, 5.74) is 3.16. The van der Waals surface area contributed by atoms with Crippen LogP contribution in [0, 0.1) is 6.92 Å². The number of nitrogens with zero attached hydrogens (tertiary/aromatic N) is 2. The molecule has 0 fully saturated rings. The molecule has 0 saturated carbocycles. The van der Waals surface area contributed by atoms with Crippen molar-refractivity contribution in [3.8, 4) is 17.2 Å². The van der Waals surface area contributed by atoms with E-state index in [-0.39, 0.29) is 11.7 Å². The molecule has 32 heavy (non-hydrogen) atoms. The van der Waals surface area contributed by atoms with Crippen LogP contribution >= 0.6 is 0 Å². The van der Waals surface area contributed by atoms with Crippen molar-refractivity contribution in [1.29, 1.82) is 0 Å². The van der Waals surface area contributed by atoms with Crippen LogP contribution in [0.4, 0.5) is 5.69 Å². The third kappa shape index (κ3) is 6.21. The first kappa shape index (κ1) is 22.6. The third-order valence-corrected chi connectivity index (χ3v) is 4.46. The summed E-state index contributed by atoms with van der Waals surface area (Å²) in [7, 11) is 3.35. The Labute approximate surface area is 186 Å². The summed E-state index contributed by atoms with van der Waals surface area (Å²) in [5.74, 6) is 0.583. The van der Waals surface area contributed by atoms with Crippen molar-refractivity contribution in [2.24, 2.45) is 7.05 Å². The van der Waals surface area contributed by atoms with Crippen LogP contribution in [0.5, 0.6) is 17.2 Å². The zero-order valence-electron chi connectivity index (χ0n) is 18.4. The van der Waals surface area contributed by atoms with Crippen LogP contribution in [-0.4, -0.2) is 28.8 Å². The molecule has 3 aromatic rings. The molecule has 3 rings (SSSR count). The number of anilines is 1. The molecule has 8 heteroatoms. The fourth-order valence-corrected chi connectivity index (χ4v) is 3.01. The van der Waals surface area contributed by atoms with Crippen molar-refractivity contribution in [3.05, 3.63) is 71.6 Å². The molecule has 1 aromatic heterocycles. The van der Waals surface area contributed by atoms with Gasteiger partial charge in [0.05, 0.1) is 18.5 Å². The number of carbonyl (C=O) groups excluding carboxylic acids is 2. The number of methoxy groups -OCH3 is 1. The average molecular weight is 435 g/mol. The van der Waals surface area contributed by atoms with Crippen molar-refractivity contribution in [3.63, 3.8) is 0 Å². The number of rotatable bonds is 8. The van der Waals surface area contributed by atoms with Crippen LogP contribution in [0.3, 0.4) is 0 Å². The zero-order valence-corrected chi connectivity index (χ0v) is 18.4. The summed E-state index contributed by atoms with van der Waals surface area (Å²) in [5, 5.41) is 7.10. The highest BCUT2D eigenvalue weighted by Gasteiger charge is 2.08. The Morgan fingerprint density at radius 3 is 2.62 bits per heavy atom. The maximum atomic E-state index is 12.3. The third-order valence-electron chi connectivity index (χ3n) is 4.46. The number of amides is 1. The molecule has 0 aliphatic heterocycles. The normalized spacial score (nSPS) is 10.8. The van der Waals surface area contributed by atoms with E-state index in [2.05, 4.69) is 10.4 Å². The van der Waals surface area contributed by atoms with Gasteiger partial charge in [0, 0.05) is 31.8 Å². The van der Waals surface area contributed by atoms with Gasteiger partial charge in [-0.25, -0.2) is 0 Å². The van der Waals surface area contributed by atoms with Crippen molar-refractivity contribution in [1.82, 2.24) is 9.78 Å². The Bertz CT molecular complexity index is 1150. The summed E-state index contributed by atoms with van der Waals surface area (Å²) >= 11 is 0. The predicted molar refractivity (Wildman–Crippen MR) is 121 cm³/mol. The molecule has 2 aromatic carbocycles. The quantitative estimate of drug-likeness (QED) is 0.328. The van der Waals surface area contributed by atoms with Crippen LogP contribution in [0.2, 0.25) is 0 Å². The molecule has 0 radical (unpaired) electrons. The Morgan fingerprint density at radius 1 is 1.12 bits per heavy atom. The highest BCUT2D eigenvalue weighted by molar-refractivity contribution is 6.02. The molecule has 1 amide bonds. The van der Waals surface area contributed by atoms with E-state index in [9.17, 15) is 9.59 Å². The van der Waals surface area contributed by atoms with Gasteiger partial charge in [-0.15, -0.1) is 0 Å². The lowest BCUT2D eigenvalue weighted by Crippen LogP contribution is -2.08. The summed E-state index contributed by atoms with van der Waals surface area (Å²) in [6, 6.07) is 14.2. The van der Waals surface area contributed by atoms with E-state index in [0.717, 1.165) is 11.4 Å². The van der Waals surface area contributed by atoms with Gasteiger partial charge in [0.2, 0.25) is 5.91 Å². The summed E-state index contributed by atoms with van der Waals surface area (Å²) in [6.45, 7) is 3.61. The fourth-order valence-electron chi connectivity index (χ4n) is 3.01. The van der Waals surface area contributed by atoms with Crippen LogP contribution in [-0.2, 0) is 23.2 Å². The largest absolute Gasteiger partial charge is 0.493 e. The molecule has 0 bridgehead atoms. The van der Waals surface area contributed by atoms with Crippen molar-refractivity contribution < 1.29 is 23.8 Å². The number of hydrogen-bond donors (Lipinski definition) is 1. The van der Waals surface area contributed by atoms with Gasteiger partial charge in [0.15, 0.2) is 11.5 Å². The van der Waals surface area contributed by atoms with E-state index in [1.807, 2.05) is 26.1 Å². The molecule has 0 saturated heterocycles. The molecule has 0 unspecified atom stereocenters. The van der Waals surface area contributed by atoms with Gasteiger partial charge >= 0.3 is 5.97 Å². The van der Waals surface area contributed by atoms with Crippen LogP contribution in [0.15, 0.2) is 54.6 Å². The zero-order chi connectivity index (χ0) is 23.1. The van der Waals surface area contributed by atoms with E-state index in [1.165, 1.54) is 20.1 Å². The molecular weight excluding hydrogens is 410 g/mol. The molecule has 1 N–H and O–H groups in total. The number of aryl methyl sites for hydroxylation is 2. The molecule has 8 nitrogen and oxygen atoms in total. The standard InChI is InChI=1S/C24H25N3O5/c1-16-12-20(27(3)26-16)15-31-21-7-5-6-19(14-21)25-24(29)11-9-18-8-10-22(30-4)23(13-18)32-17(2)28/h5-14H,15H2,1-4H3,(H,25,29)/b11-9+. The molecule has 0 spiro atoms. The minimum atomic E-state index is -0.456. The second-order valence-electron chi connectivity index (χ2n) is 7.04. The Morgan fingerprint density at radius 2 is 1.94 bits per heavy atom. The van der Waals surface area contributed by atoms with Gasteiger partial charge in [-0.3, -0.25) is 14.3 Å². The minimum Gasteiger partial charge on any atom is -0.493 e. The van der Waals surface area contributed by atoms with Crippen molar-refractivity contribution in [2.45, 2.75) is 20.5 Å². The van der Waals surface area contributed by atoms with Gasteiger partial charge in [0.25, 0.3) is 0 Å². The van der Waals surface area contributed by atoms with Gasteiger partial charge in [-0.2, -0.15) is 5.10 Å². The van der Waals surface area contributed by atoms with Gasteiger partial charge in [0.1, 0.15) is 12.4 Å². The molecule has 1 heterocycles. The maximum absolute atomic E-state index is 12.3. The van der Waals surface area contributed by atoms with Crippen LogP contribution in [0.1, 0.15) is 23.9 Å². The second-order valence-corrected chi connectivity index (χ2v) is 7.04. The van der Waals surface area contributed by atoms with E-state index in [4.69, 9.17) is 14.2 Å². The lowest BCUT2D eigenvalue weighted by molar-refractivity contribution is -0.132. The second kappa shape index (κ2) is 10.3. The van der Waals surface area contributed by atoms with Gasteiger partial charge in [-0.1, -0.05) is 12.1 Å². The van der Waals surface area contributed by atoms with E-state index in [1.54, 1.807) is 47.2 Å². The van der Waals surface area contributed by atoms with Gasteiger partial charge < -0.3 is 19.5 Å². The Hall–Kier alpha value is -4.07. The molecule has 0 aliphatic carbocycles. The molecule has 0 atom stereocenters. The van der Waals surface area contributed by atoms with Gasteiger partial charge in [-0.05, 0) is 48.9 Å². The number of benzene rings is 2. The topological polar surface area (TPSA) is 91.7 Å². The molecule has 166 valence electrons. The number of carbonyl (C=O) groups is 2. The summed E-state index contributed by atoms with van der Waals surface area (Å²) < 4.78 is 17.9. The highest BCUT2D eigenvalue weighted by Crippen LogP contribution is 2.28. The smallest absolute Gasteiger partial charge is 0.308 e. The fraction of sp³-hybridized carbons (Fsp3) is 0.208. The van der Waals surface area contributed by atoms with E-state index in [0.29, 0.717) is 29.4 Å². The first-order valence-electron chi connectivity index (χ1n) is 9.92. The van der Waals surface area contributed by atoms with Crippen LogP contribution < -0.4 is 19.5 Å². The molecule has 0 aliphatic rings. The average Bonchev–Trinajstić information content (AvgIpc) is 3.07. The van der Waals surface area contributed by atoms with Crippen molar-refractivity contribution in [2.75, 3.05) is 12.4 Å². The monoisotopic (exact) mass is 435 g/mol. The highest BCUT2D eigenvalue weighted by atomic mass is 16.6. The number of aromatic nitrogens is 2. The minimum absolute atomic E-state index is 0.288. The summed E-state index contributed by atoms with van der Waals surface area (Å²) in [6.07, 6.45) is 3.01. The lowest BCUT2D eigenvalue weighted by atomic mass is 10.2. The van der Waals surface area contributed by atoms with E-state index < -0.39 is 5.97 Å². The lowest BCUT2D eigenvalue weighted by Gasteiger charge is -2.09. The van der Waals surface area contributed by atoms with Crippen LogP contribution in [0.25, 0.3) is 6.08 Å². The SMILES string of the molecule is COc1ccc(/C=C/C(=O)Nc2cccc(OCc3cc(C)nn3C)c2)cc1OC(C)=O. The number of nitrogens with one attached hydrogen (secondary N) is 1. The van der Waals surface area contributed by atoms with E-state index >= 15 is 0 Å². The molecular formula is C24H25N3O5. The predicted octanol–water partition coefficient (Wildman–Crippen LogP) is 3.89. The Kier molecular flexibility index (Phi) is 7.28. The summed E-state index contributed by atoms with van der Waals surface area (Å²) in [4.78, 5) is 23.6. The first-order chi connectivity index (χ1) is 15.3. The Balaban J connectivity index is 1.62.